The first-order valence-electron chi connectivity index (χ1n) is 14.3. The van der Waals surface area contributed by atoms with E-state index in [1.54, 1.807) is 12.1 Å². The molecular formula is C30H44N4O7S. The lowest BCUT2D eigenvalue weighted by Crippen LogP contribution is -2.56. The Bertz CT molecular complexity index is 1330. The van der Waals surface area contributed by atoms with Crippen molar-refractivity contribution in [3.05, 3.63) is 35.4 Å². The molecule has 2 aliphatic rings. The third-order valence-electron chi connectivity index (χ3n) is 8.08. The van der Waals surface area contributed by atoms with Crippen LogP contribution < -0.4 is 10.6 Å². The number of nitrogens with one attached hydrogen (secondary N) is 2. The summed E-state index contributed by atoms with van der Waals surface area (Å²) in [5, 5.41) is 4.08. The summed E-state index contributed by atoms with van der Waals surface area (Å²) in [7, 11) is -3.70. The highest BCUT2D eigenvalue weighted by molar-refractivity contribution is 7.91. The Hall–Kier alpha value is -3.28. The molecule has 2 heterocycles. The molecule has 232 valence electrons. The van der Waals surface area contributed by atoms with Gasteiger partial charge in [0.2, 0.25) is 17.7 Å². The Morgan fingerprint density at radius 2 is 1.57 bits per heavy atom. The predicted octanol–water partition coefficient (Wildman–Crippen LogP) is 1.45. The summed E-state index contributed by atoms with van der Waals surface area (Å²) in [5.74, 6) is -2.33. The molecule has 2 fully saturated rings. The van der Waals surface area contributed by atoms with Crippen molar-refractivity contribution in [1.82, 2.24) is 20.4 Å². The van der Waals surface area contributed by atoms with E-state index in [-0.39, 0.29) is 30.2 Å². The van der Waals surface area contributed by atoms with Crippen LogP contribution in [0.2, 0.25) is 0 Å². The van der Waals surface area contributed by atoms with Crippen LogP contribution in [0.25, 0.3) is 0 Å². The van der Waals surface area contributed by atoms with Crippen LogP contribution in [0.5, 0.6) is 0 Å². The van der Waals surface area contributed by atoms with Crippen molar-refractivity contribution in [3.63, 3.8) is 0 Å². The van der Waals surface area contributed by atoms with Gasteiger partial charge < -0.3 is 20.4 Å². The SMILES string of the molecule is CC(=O)NC(C(=O)N1CC(=O)C2C1CCN2C(=O)C(CC(C)C)NC(=O)c1ccc(C(C)(C)C)cc1)C(C)S(C)(=O)=O. The molecule has 0 spiro atoms. The van der Waals surface area contributed by atoms with Gasteiger partial charge in [-0.3, -0.25) is 24.0 Å². The summed E-state index contributed by atoms with van der Waals surface area (Å²) >= 11 is 0. The maximum absolute atomic E-state index is 13.8. The third-order valence-corrected chi connectivity index (χ3v) is 9.70. The number of Topliss-reactive ketones (excluding diaryl/α,β-unsaturated/α-hetero) is 1. The van der Waals surface area contributed by atoms with Gasteiger partial charge in [-0.2, -0.15) is 0 Å². The minimum atomic E-state index is -3.70. The number of hydrogen-bond acceptors (Lipinski definition) is 7. The predicted molar refractivity (Wildman–Crippen MR) is 158 cm³/mol. The van der Waals surface area contributed by atoms with Gasteiger partial charge in [0.1, 0.15) is 18.1 Å². The summed E-state index contributed by atoms with van der Waals surface area (Å²) in [6, 6.07) is 3.42. The number of carbonyl (C=O) groups excluding carboxylic acids is 5. The third kappa shape index (κ3) is 7.37. The molecule has 0 aromatic heterocycles. The monoisotopic (exact) mass is 604 g/mol. The molecule has 0 saturated carbocycles. The summed E-state index contributed by atoms with van der Waals surface area (Å²) in [6.07, 6.45) is 1.65. The van der Waals surface area contributed by atoms with Crippen LogP contribution in [0.3, 0.4) is 0 Å². The van der Waals surface area contributed by atoms with Gasteiger partial charge in [0.15, 0.2) is 15.6 Å². The van der Waals surface area contributed by atoms with Gasteiger partial charge in [0.05, 0.1) is 17.8 Å². The molecule has 3 rings (SSSR count). The lowest BCUT2D eigenvalue weighted by molar-refractivity contribution is -0.138. The average Bonchev–Trinajstić information content (AvgIpc) is 3.45. The average molecular weight is 605 g/mol. The lowest BCUT2D eigenvalue weighted by Gasteiger charge is -2.31. The van der Waals surface area contributed by atoms with Gasteiger partial charge in [-0.05, 0) is 48.8 Å². The molecule has 0 radical (unpaired) electrons. The van der Waals surface area contributed by atoms with E-state index in [0.29, 0.717) is 18.4 Å². The van der Waals surface area contributed by atoms with E-state index in [1.165, 1.54) is 23.6 Å². The molecule has 5 unspecified atom stereocenters. The topological polar surface area (TPSA) is 150 Å². The van der Waals surface area contributed by atoms with Gasteiger partial charge in [-0.1, -0.05) is 46.8 Å². The number of sulfone groups is 1. The van der Waals surface area contributed by atoms with E-state index in [2.05, 4.69) is 31.4 Å². The number of fused-ring (bicyclic) bond motifs is 1. The Kier molecular flexibility index (Phi) is 9.91. The Morgan fingerprint density at radius 1 is 0.976 bits per heavy atom. The van der Waals surface area contributed by atoms with Crippen molar-refractivity contribution < 1.29 is 32.4 Å². The number of rotatable bonds is 9. The van der Waals surface area contributed by atoms with E-state index in [0.717, 1.165) is 11.8 Å². The molecule has 42 heavy (non-hydrogen) atoms. The first kappa shape index (κ1) is 33.2. The van der Waals surface area contributed by atoms with Gasteiger partial charge >= 0.3 is 0 Å². The molecule has 2 saturated heterocycles. The van der Waals surface area contributed by atoms with Gasteiger partial charge in [0, 0.05) is 25.3 Å². The second-order valence-electron chi connectivity index (χ2n) is 13.0. The molecule has 12 heteroatoms. The lowest BCUT2D eigenvalue weighted by atomic mass is 9.86. The van der Waals surface area contributed by atoms with Crippen LogP contribution in [0.15, 0.2) is 24.3 Å². The van der Waals surface area contributed by atoms with E-state index >= 15 is 0 Å². The van der Waals surface area contributed by atoms with Crippen LogP contribution in [-0.4, -0.2) is 96.4 Å². The van der Waals surface area contributed by atoms with Crippen LogP contribution in [0.4, 0.5) is 0 Å². The maximum Gasteiger partial charge on any atom is 0.251 e. The first-order chi connectivity index (χ1) is 19.3. The maximum atomic E-state index is 13.8. The zero-order valence-corrected chi connectivity index (χ0v) is 26.6. The highest BCUT2D eigenvalue weighted by Gasteiger charge is 2.53. The number of ketones is 1. The molecule has 0 bridgehead atoms. The molecule has 1 aromatic carbocycles. The van der Waals surface area contributed by atoms with Crippen LogP contribution in [0, 0.1) is 5.92 Å². The summed E-state index contributed by atoms with van der Waals surface area (Å²) in [5.41, 5.74) is 1.41. The fourth-order valence-electron chi connectivity index (χ4n) is 5.64. The van der Waals surface area contributed by atoms with E-state index in [4.69, 9.17) is 0 Å². The fraction of sp³-hybridized carbons (Fsp3) is 0.633. The van der Waals surface area contributed by atoms with Crippen molar-refractivity contribution in [2.75, 3.05) is 19.3 Å². The fourth-order valence-corrected chi connectivity index (χ4v) is 6.32. The Labute approximate surface area is 248 Å². The highest BCUT2D eigenvalue weighted by Crippen LogP contribution is 2.32. The molecule has 1 aromatic rings. The van der Waals surface area contributed by atoms with Gasteiger partial charge in [-0.25, -0.2) is 8.42 Å². The van der Waals surface area contributed by atoms with Crippen LogP contribution >= 0.6 is 0 Å². The number of amides is 4. The quantitative estimate of drug-likeness (QED) is 0.433. The Balaban J connectivity index is 1.81. The van der Waals surface area contributed by atoms with Crippen molar-refractivity contribution in [2.24, 2.45) is 5.92 Å². The number of nitrogens with zero attached hydrogens (tertiary/aromatic N) is 2. The number of likely N-dealkylation sites (tertiary alicyclic amines) is 2. The minimum absolute atomic E-state index is 0.0640. The molecule has 0 aliphatic carbocycles. The number of carbonyl (C=O) groups is 5. The standard InChI is InChI=1S/C30H44N4O7S/c1-17(2)15-22(32-27(37)20-9-11-21(12-10-20)30(5,6)7)28(38)33-14-13-23-26(33)24(36)16-34(23)29(39)25(31-19(4)35)18(3)42(8,40)41/h9-12,17-18,22-23,25-26H,13-16H2,1-8H3,(H,31,35)(H,32,37). The normalized spacial score (nSPS) is 21.1. The van der Waals surface area contributed by atoms with E-state index < -0.39 is 62.9 Å². The zero-order valence-electron chi connectivity index (χ0n) is 25.8. The molecule has 2 N–H and O–H groups in total. The largest absolute Gasteiger partial charge is 0.343 e. The first-order valence-corrected chi connectivity index (χ1v) is 16.3. The van der Waals surface area contributed by atoms with Gasteiger partial charge in [0.25, 0.3) is 5.91 Å². The van der Waals surface area contributed by atoms with E-state index in [9.17, 15) is 32.4 Å². The number of hydrogen-bond donors (Lipinski definition) is 2. The summed E-state index contributed by atoms with van der Waals surface area (Å²) in [6.45, 7) is 12.5. The minimum Gasteiger partial charge on any atom is -0.343 e. The van der Waals surface area contributed by atoms with Gasteiger partial charge in [-0.15, -0.1) is 0 Å². The summed E-state index contributed by atoms with van der Waals surface area (Å²) in [4.78, 5) is 68.3. The van der Waals surface area contributed by atoms with Crippen molar-refractivity contribution in [1.29, 1.82) is 0 Å². The molecule has 11 nitrogen and oxygen atoms in total. The molecule has 5 atom stereocenters. The molecule has 4 amide bonds. The zero-order chi connectivity index (χ0) is 31.7. The van der Waals surface area contributed by atoms with Crippen molar-refractivity contribution in [3.8, 4) is 0 Å². The second kappa shape index (κ2) is 12.5. The van der Waals surface area contributed by atoms with Crippen molar-refractivity contribution >= 4 is 39.2 Å². The molecule has 2 aliphatic heterocycles. The van der Waals surface area contributed by atoms with Crippen LogP contribution in [0.1, 0.15) is 77.2 Å². The molecular weight excluding hydrogens is 560 g/mol. The van der Waals surface area contributed by atoms with E-state index in [1.807, 2.05) is 26.0 Å². The smallest absolute Gasteiger partial charge is 0.251 e. The highest BCUT2D eigenvalue weighted by atomic mass is 32.2. The Morgan fingerprint density at radius 3 is 2.07 bits per heavy atom. The number of benzene rings is 1. The summed E-state index contributed by atoms with van der Waals surface area (Å²) < 4.78 is 24.5. The van der Waals surface area contributed by atoms with Crippen LogP contribution in [-0.2, 0) is 34.4 Å². The second-order valence-corrected chi connectivity index (χ2v) is 15.4. The van der Waals surface area contributed by atoms with Crippen molar-refractivity contribution in [2.45, 2.75) is 96.1 Å².